The minimum atomic E-state index is -0.237. The number of benzene rings is 2. The van der Waals surface area contributed by atoms with E-state index in [4.69, 9.17) is 4.74 Å². The lowest BCUT2D eigenvalue weighted by Crippen LogP contribution is -2.38. The Balaban J connectivity index is 1.35. The van der Waals surface area contributed by atoms with Crippen molar-refractivity contribution in [3.63, 3.8) is 0 Å². The molecule has 0 bridgehead atoms. The first kappa shape index (κ1) is 22.9. The van der Waals surface area contributed by atoms with Crippen molar-refractivity contribution in [1.82, 2.24) is 25.6 Å². The van der Waals surface area contributed by atoms with E-state index in [0.717, 1.165) is 12.0 Å². The predicted molar refractivity (Wildman–Crippen MR) is 135 cm³/mol. The van der Waals surface area contributed by atoms with Crippen LogP contribution in [-0.2, 0) is 16.9 Å². The van der Waals surface area contributed by atoms with Crippen LogP contribution in [-0.4, -0.2) is 25.6 Å². The van der Waals surface area contributed by atoms with Gasteiger partial charge in [-0.1, -0.05) is 68.7 Å². The Morgan fingerprint density at radius 2 is 1.85 bits per heavy atom. The van der Waals surface area contributed by atoms with Gasteiger partial charge < -0.3 is 4.74 Å². The lowest BCUT2D eigenvalue weighted by atomic mass is 9.74. The first-order valence-electron chi connectivity index (χ1n) is 12.2. The topological polar surface area (TPSA) is 76.6 Å². The van der Waals surface area contributed by atoms with E-state index in [-0.39, 0.29) is 5.60 Å². The van der Waals surface area contributed by atoms with E-state index in [2.05, 4.69) is 69.8 Å². The zero-order chi connectivity index (χ0) is 23.4. The van der Waals surface area contributed by atoms with Gasteiger partial charge in [0.25, 0.3) is 0 Å². The fraction of sp³-hybridized carbons (Fsp3) is 0.407. The number of aromatic amines is 1. The van der Waals surface area contributed by atoms with Crippen molar-refractivity contribution in [1.29, 1.82) is 0 Å². The van der Waals surface area contributed by atoms with Crippen molar-refractivity contribution in [2.75, 3.05) is 0 Å². The van der Waals surface area contributed by atoms with E-state index < -0.39 is 0 Å². The summed E-state index contributed by atoms with van der Waals surface area (Å²) in [6, 6.07) is 15.0. The number of tetrazole rings is 1. The van der Waals surface area contributed by atoms with Crippen LogP contribution in [0.15, 0.2) is 54.2 Å². The number of aromatic nitrogens is 5. The van der Waals surface area contributed by atoms with Crippen LogP contribution in [0, 0.1) is 12.8 Å². The van der Waals surface area contributed by atoms with Crippen molar-refractivity contribution >= 4 is 11.3 Å². The average Bonchev–Trinajstić information content (AvgIpc) is 3.61. The molecule has 0 aliphatic heterocycles. The Kier molecular flexibility index (Phi) is 6.83. The Labute approximate surface area is 204 Å². The molecule has 1 aliphatic rings. The molecular formula is C27H31N5OS. The normalized spacial score (nSPS) is 16.4. The Morgan fingerprint density at radius 3 is 2.50 bits per heavy atom. The van der Waals surface area contributed by atoms with E-state index in [9.17, 15) is 0 Å². The maximum absolute atomic E-state index is 6.85. The van der Waals surface area contributed by atoms with E-state index in [0.29, 0.717) is 18.3 Å². The van der Waals surface area contributed by atoms with Gasteiger partial charge in [-0.3, -0.25) is 4.98 Å². The zero-order valence-electron chi connectivity index (χ0n) is 19.8. The fourth-order valence-corrected chi connectivity index (χ4v) is 6.31. The second-order valence-corrected chi connectivity index (χ2v) is 10.1. The van der Waals surface area contributed by atoms with Gasteiger partial charge in [0.15, 0.2) is 0 Å². The number of thiazole rings is 1. The predicted octanol–water partition coefficient (Wildman–Crippen LogP) is 6.70. The Morgan fingerprint density at radius 1 is 1.06 bits per heavy atom. The van der Waals surface area contributed by atoms with Gasteiger partial charge in [-0.15, -0.1) is 21.5 Å². The second-order valence-electron chi connectivity index (χ2n) is 9.19. The fourth-order valence-electron chi connectivity index (χ4n) is 5.38. The van der Waals surface area contributed by atoms with Crippen molar-refractivity contribution in [2.24, 2.45) is 5.92 Å². The number of nitrogens with one attached hydrogen (secondary N) is 1. The molecule has 1 unspecified atom stereocenters. The molecule has 176 valence electrons. The standard InChI is InChI=1S/C27H31N5OS/c1-3-27(25-16-28-18-34-25,23-7-5-4-6-8-23)33-17-20-9-14-24(19(2)15-20)21-10-12-22(13-11-21)26-29-31-32-30-26/h9-16,18,23H,3-8,17H2,1-2H3,(H,29,30,31,32). The molecule has 1 atom stereocenters. The molecule has 1 saturated carbocycles. The second kappa shape index (κ2) is 10.2. The summed E-state index contributed by atoms with van der Waals surface area (Å²) in [7, 11) is 0. The summed E-state index contributed by atoms with van der Waals surface area (Å²) >= 11 is 1.74. The summed E-state index contributed by atoms with van der Waals surface area (Å²) in [6.45, 7) is 5.05. The Hall–Kier alpha value is -2.90. The van der Waals surface area contributed by atoms with Crippen LogP contribution in [0.1, 0.15) is 61.5 Å². The smallest absolute Gasteiger partial charge is 0.204 e. The molecular weight excluding hydrogens is 442 g/mol. The molecule has 2 heterocycles. The van der Waals surface area contributed by atoms with Crippen LogP contribution < -0.4 is 0 Å². The molecule has 5 rings (SSSR count). The van der Waals surface area contributed by atoms with Gasteiger partial charge in [-0.05, 0) is 59.6 Å². The third-order valence-electron chi connectivity index (χ3n) is 7.23. The molecule has 2 aromatic heterocycles. The van der Waals surface area contributed by atoms with Gasteiger partial charge in [0, 0.05) is 11.8 Å². The van der Waals surface area contributed by atoms with Crippen LogP contribution in [0.25, 0.3) is 22.5 Å². The molecule has 1 fully saturated rings. The van der Waals surface area contributed by atoms with Crippen molar-refractivity contribution in [3.8, 4) is 22.5 Å². The van der Waals surface area contributed by atoms with Crippen molar-refractivity contribution in [2.45, 2.75) is 64.6 Å². The number of hydrogen-bond donors (Lipinski definition) is 1. The van der Waals surface area contributed by atoms with Gasteiger partial charge in [-0.2, -0.15) is 5.21 Å². The summed E-state index contributed by atoms with van der Waals surface area (Å²) in [5.41, 5.74) is 7.50. The highest BCUT2D eigenvalue weighted by atomic mass is 32.1. The van der Waals surface area contributed by atoms with Crippen LogP contribution in [0.2, 0.25) is 0 Å². The third-order valence-corrected chi connectivity index (χ3v) is 8.16. The summed E-state index contributed by atoms with van der Waals surface area (Å²) < 4.78 is 6.85. The maximum Gasteiger partial charge on any atom is 0.204 e. The molecule has 0 amide bonds. The molecule has 1 aliphatic carbocycles. The number of H-pyrrole nitrogens is 1. The zero-order valence-corrected chi connectivity index (χ0v) is 20.6. The van der Waals surface area contributed by atoms with Crippen molar-refractivity contribution in [3.05, 3.63) is 70.2 Å². The number of aryl methyl sites for hydroxylation is 1. The molecule has 34 heavy (non-hydrogen) atoms. The highest BCUT2D eigenvalue weighted by Crippen LogP contribution is 2.46. The SMILES string of the molecule is CCC(OCc1ccc(-c2ccc(-c3nn[nH]n3)cc2)c(C)c1)(c1cncs1)C1CCCCC1. The monoisotopic (exact) mass is 473 g/mol. The molecule has 0 spiro atoms. The minimum Gasteiger partial charge on any atom is -0.364 e. The maximum atomic E-state index is 6.85. The first-order valence-corrected chi connectivity index (χ1v) is 13.0. The lowest BCUT2D eigenvalue weighted by molar-refractivity contribution is -0.113. The number of rotatable bonds is 8. The van der Waals surface area contributed by atoms with Gasteiger partial charge in [0.1, 0.15) is 5.60 Å². The van der Waals surface area contributed by atoms with Crippen LogP contribution in [0.5, 0.6) is 0 Å². The van der Waals surface area contributed by atoms with Gasteiger partial charge >= 0.3 is 0 Å². The molecule has 2 aromatic carbocycles. The van der Waals surface area contributed by atoms with Crippen molar-refractivity contribution < 1.29 is 4.74 Å². The molecule has 0 radical (unpaired) electrons. The van der Waals surface area contributed by atoms with E-state index in [1.54, 1.807) is 11.3 Å². The largest absolute Gasteiger partial charge is 0.364 e. The number of ether oxygens (including phenoxy) is 1. The summed E-state index contributed by atoms with van der Waals surface area (Å²) in [5, 5.41) is 14.2. The lowest BCUT2D eigenvalue weighted by Gasteiger charge is -2.41. The van der Waals surface area contributed by atoms with E-state index in [1.807, 2.05) is 23.8 Å². The van der Waals surface area contributed by atoms with E-state index >= 15 is 0 Å². The molecule has 6 nitrogen and oxygen atoms in total. The summed E-state index contributed by atoms with van der Waals surface area (Å²) in [4.78, 5) is 5.67. The number of hydrogen-bond acceptors (Lipinski definition) is 6. The Bertz CT molecular complexity index is 1180. The first-order chi connectivity index (χ1) is 16.7. The number of nitrogens with zero attached hydrogens (tertiary/aromatic N) is 4. The quantitative estimate of drug-likeness (QED) is 0.308. The highest BCUT2D eigenvalue weighted by Gasteiger charge is 2.41. The van der Waals surface area contributed by atoms with Gasteiger partial charge in [0.05, 0.1) is 17.0 Å². The van der Waals surface area contributed by atoms with Gasteiger partial charge in [-0.25, -0.2) is 0 Å². The minimum absolute atomic E-state index is 0.237. The van der Waals surface area contributed by atoms with Crippen LogP contribution in [0.4, 0.5) is 0 Å². The average molecular weight is 474 g/mol. The molecule has 0 saturated heterocycles. The third kappa shape index (κ3) is 4.55. The molecule has 4 aromatic rings. The summed E-state index contributed by atoms with van der Waals surface area (Å²) in [5.74, 6) is 1.17. The highest BCUT2D eigenvalue weighted by molar-refractivity contribution is 7.09. The van der Waals surface area contributed by atoms with Crippen LogP contribution >= 0.6 is 11.3 Å². The summed E-state index contributed by atoms with van der Waals surface area (Å²) in [6.07, 6.45) is 9.42. The van der Waals surface area contributed by atoms with Gasteiger partial charge in [0.2, 0.25) is 5.82 Å². The molecule has 7 heteroatoms. The van der Waals surface area contributed by atoms with E-state index in [1.165, 1.54) is 59.2 Å². The van der Waals surface area contributed by atoms with Crippen LogP contribution in [0.3, 0.4) is 0 Å². The molecule has 1 N–H and O–H groups in total.